The molecule has 1 saturated carbocycles. The van der Waals surface area contributed by atoms with Gasteiger partial charge in [0, 0.05) is 6.42 Å². The van der Waals surface area contributed by atoms with Crippen LogP contribution in [0.15, 0.2) is 0 Å². The van der Waals surface area contributed by atoms with Gasteiger partial charge in [0.15, 0.2) is 0 Å². The first-order valence-corrected chi connectivity index (χ1v) is 8.19. The maximum atomic E-state index is 12.4. The van der Waals surface area contributed by atoms with Crippen LogP contribution >= 0.6 is 12.2 Å². The molecule has 1 amide bonds. The second-order valence-electron chi connectivity index (χ2n) is 7.38. The fourth-order valence-corrected chi connectivity index (χ4v) is 2.92. The molecule has 1 aliphatic carbocycles. The van der Waals surface area contributed by atoms with Gasteiger partial charge in [-0.05, 0) is 24.2 Å². The maximum absolute atomic E-state index is 12.4. The number of thiocarbonyl (C=S) groups is 1. The van der Waals surface area contributed by atoms with Gasteiger partial charge in [-0.1, -0.05) is 65.6 Å². The van der Waals surface area contributed by atoms with Crippen LogP contribution in [0.1, 0.15) is 72.6 Å². The lowest BCUT2D eigenvalue weighted by molar-refractivity contribution is -0.124. The van der Waals surface area contributed by atoms with E-state index in [2.05, 4.69) is 33.0 Å². The molecule has 0 radical (unpaired) electrons. The van der Waals surface area contributed by atoms with Gasteiger partial charge in [0.25, 0.3) is 0 Å². The van der Waals surface area contributed by atoms with Crippen molar-refractivity contribution in [1.29, 1.82) is 0 Å². The summed E-state index contributed by atoms with van der Waals surface area (Å²) in [4.78, 5) is 12.8. The number of carbonyl (C=O) groups is 1. The van der Waals surface area contributed by atoms with E-state index in [1.165, 1.54) is 12.8 Å². The molecule has 0 saturated heterocycles. The smallest absolute Gasteiger partial charge is 0.221 e. The number of nitrogens with two attached hydrogens (primary N) is 1. The number of hydrogen-bond acceptors (Lipinski definition) is 2. The van der Waals surface area contributed by atoms with Crippen molar-refractivity contribution in [3.05, 3.63) is 0 Å². The number of amides is 1. The number of hydrogen-bond donors (Lipinski definition) is 2. The van der Waals surface area contributed by atoms with Crippen molar-refractivity contribution in [2.24, 2.45) is 17.1 Å². The van der Waals surface area contributed by atoms with Crippen molar-refractivity contribution in [2.45, 2.75) is 78.2 Å². The molecule has 116 valence electrons. The Balaban J connectivity index is 2.71. The van der Waals surface area contributed by atoms with Crippen LogP contribution in [0, 0.1) is 11.3 Å². The molecule has 0 spiro atoms. The molecule has 1 aliphatic rings. The minimum absolute atomic E-state index is 0.0853. The maximum Gasteiger partial charge on any atom is 0.221 e. The van der Waals surface area contributed by atoms with Crippen molar-refractivity contribution < 1.29 is 4.79 Å². The van der Waals surface area contributed by atoms with Crippen LogP contribution < -0.4 is 11.1 Å². The van der Waals surface area contributed by atoms with E-state index in [9.17, 15) is 4.79 Å². The van der Waals surface area contributed by atoms with Crippen molar-refractivity contribution >= 4 is 23.1 Å². The van der Waals surface area contributed by atoms with Crippen LogP contribution in [0.2, 0.25) is 0 Å². The molecule has 0 heterocycles. The summed E-state index contributed by atoms with van der Waals surface area (Å²) < 4.78 is 0. The molecular formula is C16H30N2OS. The Bertz CT molecular complexity index is 352. The average molecular weight is 298 g/mol. The van der Waals surface area contributed by atoms with Gasteiger partial charge in [-0.15, -0.1) is 0 Å². The summed E-state index contributed by atoms with van der Waals surface area (Å²) in [5, 5.41) is 3.17. The highest BCUT2D eigenvalue weighted by atomic mass is 32.1. The van der Waals surface area contributed by atoms with E-state index in [0.29, 0.717) is 17.3 Å². The number of nitrogens with one attached hydrogen (secondary N) is 1. The van der Waals surface area contributed by atoms with Crippen LogP contribution in [0.3, 0.4) is 0 Å². The third-order valence-corrected chi connectivity index (χ3v) is 5.17. The van der Waals surface area contributed by atoms with Crippen LogP contribution in [-0.4, -0.2) is 16.4 Å². The van der Waals surface area contributed by atoms with E-state index >= 15 is 0 Å². The van der Waals surface area contributed by atoms with Crippen molar-refractivity contribution in [3.8, 4) is 0 Å². The lowest BCUT2D eigenvalue weighted by Gasteiger charge is -2.34. The molecule has 0 aromatic carbocycles. The first-order chi connectivity index (χ1) is 9.17. The fraction of sp³-hybridized carbons (Fsp3) is 0.875. The minimum Gasteiger partial charge on any atom is -0.391 e. The summed E-state index contributed by atoms with van der Waals surface area (Å²) >= 11 is 5.26. The Labute approximate surface area is 129 Å². The Morgan fingerprint density at radius 2 is 1.75 bits per heavy atom. The highest BCUT2D eigenvalue weighted by Crippen LogP contribution is 2.30. The summed E-state index contributed by atoms with van der Waals surface area (Å²) in [6.07, 6.45) is 6.90. The summed E-state index contributed by atoms with van der Waals surface area (Å²) in [7, 11) is 0. The molecule has 1 rings (SSSR count). The van der Waals surface area contributed by atoms with Gasteiger partial charge in [-0.2, -0.15) is 0 Å². The summed E-state index contributed by atoms with van der Waals surface area (Å²) in [6, 6.07) is 0. The van der Waals surface area contributed by atoms with Gasteiger partial charge in [-0.25, -0.2) is 0 Å². The average Bonchev–Trinajstić information content (AvgIpc) is 2.54. The summed E-state index contributed by atoms with van der Waals surface area (Å²) in [5.74, 6) is 0.416. The van der Waals surface area contributed by atoms with E-state index in [1.54, 1.807) is 0 Å². The van der Waals surface area contributed by atoms with E-state index in [0.717, 1.165) is 25.7 Å². The SMILES string of the molecule is CC(CC(=O)NC1(C(N)=S)CCCCCC1)C(C)(C)C. The second-order valence-corrected chi connectivity index (χ2v) is 7.82. The molecule has 0 aliphatic heterocycles. The summed E-state index contributed by atoms with van der Waals surface area (Å²) in [5.41, 5.74) is 5.65. The van der Waals surface area contributed by atoms with Crippen LogP contribution in [0.25, 0.3) is 0 Å². The largest absolute Gasteiger partial charge is 0.391 e. The first kappa shape index (κ1) is 17.4. The molecule has 1 unspecified atom stereocenters. The van der Waals surface area contributed by atoms with Gasteiger partial charge in [0.1, 0.15) is 0 Å². The number of rotatable bonds is 4. The van der Waals surface area contributed by atoms with Gasteiger partial charge < -0.3 is 11.1 Å². The van der Waals surface area contributed by atoms with Gasteiger partial charge in [-0.3, -0.25) is 4.79 Å². The lowest BCUT2D eigenvalue weighted by atomic mass is 9.79. The van der Waals surface area contributed by atoms with E-state index in [-0.39, 0.29) is 11.3 Å². The predicted octanol–water partition coefficient (Wildman–Crippen LogP) is 3.55. The summed E-state index contributed by atoms with van der Waals surface area (Å²) in [6.45, 7) is 8.62. The third-order valence-electron chi connectivity index (χ3n) is 4.78. The second kappa shape index (κ2) is 6.88. The van der Waals surface area contributed by atoms with Crippen LogP contribution in [0.5, 0.6) is 0 Å². The fourth-order valence-electron chi connectivity index (χ4n) is 2.67. The topological polar surface area (TPSA) is 55.1 Å². The van der Waals surface area contributed by atoms with Crippen molar-refractivity contribution in [3.63, 3.8) is 0 Å². The molecule has 20 heavy (non-hydrogen) atoms. The molecule has 1 atom stereocenters. The molecular weight excluding hydrogens is 268 g/mol. The Morgan fingerprint density at radius 3 is 2.15 bits per heavy atom. The Hall–Kier alpha value is -0.640. The molecule has 0 aromatic rings. The molecule has 1 fully saturated rings. The molecule has 3 N–H and O–H groups in total. The zero-order valence-electron chi connectivity index (χ0n) is 13.4. The van der Waals surface area contributed by atoms with Gasteiger partial charge in [0.2, 0.25) is 5.91 Å². The van der Waals surface area contributed by atoms with Gasteiger partial charge >= 0.3 is 0 Å². The van der Waals surface area contributed by atoms with E-state index < -0.39 is 5.54 Å². The quantitative estimate of drug-likeness (QED) is 0.616. The predicted molar refractivity (Wildman–Crippen MR) is 88.6 cm³/mol. The molecule has 0 bridgehead atoms. The highest BCUT2D eigenvalue weighted by Gasteiger charge is 2.36. The van der Waals surface area contributed by atoms with Crippen molar-refractivity contribution in [2.75, 3.05) is 0 Å². The third kappa shape index (κ3) is 4.72. The normalized spacial score (nSPS) is 20.8. The lowest BCUT2D eigenvalue weighted by Crippen LogP contribution is -2.56. The number of carbonyl (C=O) groups excluding carboxylic acids is 1. The molecule has 4 heteroatoms. The zero-order chi connectivity index (χ0) is 15.4. The van der Waals surface area contributed by atoms with Crippen LogP contribution in [-0.2, 0) is 4.79 Å². The van der Waals surface area contributed by atoms with Gasteiger partial charge in [0.05, 0.1) is 10.5 Å². The Kier molecular flexibility index (Phi) is 5.99. The van der Waals surface area contributed by atoms with Crippen molar-refractivity contribution in [1.82, 2.24) is 5.32 Å². The van der Waals surface area contributed by atoms with E-state index in [4.69, 9.17) is 18.0 Å². The van der Waals surface area contributed by atoms with Crippen LogP contribution in [0.4, 0.5) is 0 Å². The standard InChI is InChI=1S/C16H30N2OS/c1-12(15(2,3)4)11-13(19)18-16(14(17)20)9-7-5-6-8-10-16/h12H,5-11H2,1-4H3,(H2,17,20)(H,18,19). The minimum atomic E-state index is -0.444. The van der Waals surface area contributed by atoms with E-state index in [1.807, 2.05) is 0 Å². The highest BCUT2D eigenvalue weighted by molar-refractivity contribution is 7.80. The molecule has 0 aromatic heterocycles. The Morgan fingerprint density at radius 1 is 1.25 bits per heavy atom. The zero-order valence-corrected chi connectivity index (χ0v) is 14.2. The first-order valence-electron chi connectivity index (χ1n) is 7.78. The monoisotopic (exact) mass is 298 g/mol. The molecule has 3 nitrogen and oxygen atoms in total.